The third-order valence-corrected chi connectivity index (χ3v) is 15.2. The summed E-state index contributed by atoms with van der Waals surface area (Å²) in [6.45, 7) is 6.86. The van der Waals surface area contributed by atoms with Crippen LogP contribution in [0.3, 0.4) is 0 Å². The summed E-state index contributed by atoms with van der Waals surface area (Å²) in [6, 6.07) is 71.4. The van der Waals surface area contributed by atoms with Crippen LogP contribution in [0.5, 0.6) is 0 Å². The highest BCUT2D eigenvalue weighted by atomic mass is 32.2. The van der Waals surface area contributed by atoms with Crippen LogP contribution >= 0.6 is 11.8 Å². The van der Waals surface area contributed by atoms with E-state index in [0.29, 0.717) is 0 Å². The predicted molar refractivity (Wildman–Crippen MR) is 279 cm³/mol. The van der Waals surface area contributed by atoms with E-state index in [1.165, 1.54) is 59.0 Å². The van der Waals surface area contributed by atoms with Crippen LogP contribution in [0.1, 0.15) is 26.3 Å². The Balaban J connectivity index is 1.03. The fraction of sp³-hybridized carbons (Fsp3) is 0.0667. The zero-order valence-electron chi connectivity index (χ0n) is 36.7. The number of para-hydroxylation sites is 2. The van der Waals surface area contributed by atoms with Gasteiger partial charge >= 0.3 is 0 Å². The number of benzene rings is 10. The molecule has 12 aromatic rings. The second-order valence-electron chi connectivity index (χ2n) is 18.9. The van der Waals surface area contributed by atoms with E-state index in [1.807, 2.05) is 17.8 Å². The molecule has 0 bridgehead atoms. The predicted octanol–water partition coefficient (Wildman–Crippen LogP) is 15.3. The van der Waals surface area contributed by atoms with E-state index in [4.69, 9.17) is 8.83 Å². The molecule has 0 amide bonds. The number of fused-ring (bicyclic) bond motifs is 13. The highest BCUT2D eigenvalue weighted by molar-refractivity contribution is 8.00. The first-order chi connectivity index (χ1) is 32.3. The normalized spacial score (nSPS) is 13.3. The quantitative estimate of drug-likeness (QED) is 0.130. The van der Waals surface area contributed by atoms with Crippen LogP contribution in [0, 0.1) is 0 Å². The van der Waals surface area contributed by atoms with E-state index in [1.54, 1.807) is 0 Å². The van der Waals surface area contributed by atoms with Crippen molar-refractivity contribution in [2.45, 2.75) is 36.0 Å². The fourth-order valence-electron chi connectivity index (χ4n) is 10.8. The van der Waals surface area contributed by atoms with Crippen LogP contribution in [0.4, 0.5) is 34.1 Å². The topological polar surface area (TPSA) is 32.8 Å². The zero-order chi connectivity index (χ0) is 43.8. The average molecular weight is 865 g/mol. The van der Waals surface area contributed by atoms with Gasteiger partial charge in [-0.05, 0) is 128 Å². The SMILES string of the molecule is CC(C)(C)c1ccc(N2c3cc(N(c4ccc5ccc6ccccc6c5c4)c4ccc5oc6ccccc6c5c4)ccc3B3c4cc5c(cc4Sc4cccc2c43)oc2ccccc25)cc1. The first kappa shape index (κ1) is 37.7. The highest BCUT2D eigenvalue weighted by Gasteiger charge is 2.41. The molecule has 0 saturated carbocycles. The Labute approximate surface area is 386 Å². The van der Waals surface area contributed by atoms with Crippen molar-refractivity contribution in [1.29, 1.82) is 0 Å². The summed E-state index contributed by atoms with van der Waals surface area (Å²) in [6.07, 6.45) is 0. The minimum Gasteiger partial charge on any atom is -0.456 e. The van der Waals surface area contributed by atoms with Crippen molar-refractivity contribution >= 4 is 134 Å². The number of furan rings is 2. The van der Waals surface area contributed by atoms with Gasteiger partial charge in [-0.1, -0.05) is 147 Å². The number of hydrogen-bond acceptors (Lipinski definition) is 5. The van der Waals surface area contributed by atoms with Crippen LogP contribution in [-0.2, 0) is 5.41 Å². The Hall–Kier alpha value is -7.67. The van der Waals surface area contributed by atoms with Crippen LogP contribution < -0.4 is 26.2 Å². The van der Waals surface area contributed by atoms with E-state index < -0.39 is 0 Å². The van der Waals surface area contributed by atoms with Gasteiger partial charge in [0.15, 0.2) is 0 Å². The van der Waals surface area contributed by atoms with Crippen molar-refractivity contribution in [2.24, 2.45) is 0 Å². The summed E-state index contributed by atoms with van der Waals surface area (Å²) in [5, 5.41) is 9.40. The van der Waals surface area contributed by atoms with Gasteiger partial charge in [-0.15, -0.1) is 0 Å². The van der Waals surface area contributed by atoms with Gasteiger partial charge in [0.05, 0.1) is 0 Å². The molecule has 0 radical (unpaired) electrons. The van der Waals surface area contributed by atoms with E-state index in [2.05, 4.69) is 219 Å². The van der Waals surface area contributed by atoms with Gasteiger partial charge in [0.2, 0.25) is 6.71 Å². The third-order valence-electron chi connectivity index (χ3n) is 14.0. The van der Waals surface area contributed by atoms with Gasteiger partial charge < -0.3 is 18.6 Å². The molecule has 4 heterocycles. The summed E-state index contributed by atoms with van der Waals surface area (Å²) < 4.78 is 12.9. The maximum atomic E-state index is 6.48. The summed E-state index contributed by atoms with van der Waals surface area (Å²) in [7, 11) is 0. The lowest BCUT2D eigenvalue weighted by Crippen LogP contribution is -2.59. The van der Waals surface area contributed by atoms with Gasteiger partial charge in [0.25, 0.3) is 0 Å². The van der Waals surface area contributed by atoms with Gasteiger partial charge in [-0.3, -0.25) is 0 Å². The first-order valence-corrected chi connectivity index (χ1v) is 23.6. The summed E-state index contributed by atoms with van der Waals surface area (Å²) in [4.78, 5) is 7.45. The molecule has 14 rings (SSSR count). The average Bonchev–Trinajstić information content (AvgIpc) is 3.90. The minimum atomic E-state index is 0.00814. The van der Waals surface area contributed by atoms with Crippen molar-refractivity contribution < 1.29 is 8.83 Å². The molecule has 2 aliphatic heterocycles. The largest absolute Gasteiger partial charge is 0.456 e. The Bertz CT molecular complexity index is 3990. The van der Waals surface area contributed by atoms with Crippen molar-refractivity contribution in [1.82, 2.24) is 0 Å². The molecule has 0 saturated heterocycles. The van der Waals surface area contributed by atoms with Crippen LogP contribution in [0.2, 0.25) is 0 Å². The van der Waals surface area contributed by atoms with Crippen molar-refractivity contribution in [3.63, 3.8) is 0 Å². The maximum absolute atomic E-state index is 6.48. The van der Waals surface area contributed by atoms with E-state index in [0.717, 1.165) is 72.3 Å². The molecule has 0 unspecified atom stereocenters. The molecule has 66 heavy (non-hydrogen) atoms. The Morgan fingerprint density at radius 2 is 1.05 bits per heavy atom. The molecule has 0 N–H and O–H groups in total. The maximum Gasteiger partial charge on any atom is 0.249 e. The Morgan fingerprint density at radius 3 is 1.82 bits per heavy atom. The molecule has 10 aromatic carbocycles. The lowest BCUT2D eigenvalue weighted by atomic mass is 9.35. The van der Waals surface area contributed by atoms with E-state index in [-0.39, 0.29) is 12.1 Å². The molecule has 6 heteroatoms. The number of nitrogens with zero attached hydrogens (tertiary/aromatic N) is 2. The number of hydrogen-bond donors (Lipinski definition) is 0. The van der Waals surface area contributed by atoms with Gasteiger partial charge in [-0.2, -0.15) is 0 Å². The molecule has 0 aliphatic carbocycles. The summed E-state index contributed by atoms with van der Waals surface area (Å²) in [5.41, 5.74) is 15.6. The van der Waals surface area contributed by atoms with E-state index >= 15 is 0 Å². The number of anilines is 6. The van der Waals surface area contributed by atoms with E-state index in [9.17, 15) is 0 Å². The minimum absolute atomic E-state index is 0.00814. The second kappa shape index (κ2) is 13.9. The van der Waals surface area contributed by atoms with Gasteiger partial charge in [0, 0.05) is 65.5 Å². The summed E-state index contributed by atoms with van der Waals surface area (Å²) in [5.74, 6) is 0. The standard InChI is InChI=1S/C60H41BN2O2S/c1-60(2,3)38-22-25-39(26-23-38)63-51-15-10-18-57-59(51)61(50-34-48-45-14-7-9-17-54(45)65-56(48)35-58(50)66-57)49-29-27-42(33-52(49)63)62(41-28-30-55-47(32-41)44-13-6-8-16-53(44)64-55)40-24-21-37-20-19-36-11-4-5-12-43(36)46(37)31-40/h4-35H,1-3H3. The molecular formula is C60H41BN2O2S. The van der Waals surface area contributed by atoms with Gasteiger partial charge in [0.1, 0.15) is 22.3 Å². The smallest absolute Gasteiger partial charge is 0.249 e. The lowest BCUT2D eigenvalue weighted by Gasteiger charge is -2.41. The molecule has 4 nitrogen and oxygen atoms in total. The molecule has 2 aromatic heterocycles. The molecule has 0 atom stereocenters. The Morgan fingerprint density at radius 1 is 0.439 bits per heavy atom. The first-order valence-electron chi connectivity index (χ1n) is 22.8. The third kappa shape index (κ3) is 5.61. The lowest BCUT2D eigenvalue weighted by molar-refractivity contribution is 0.590. The van der Waals surface area contributed by atoms with Crippen molar-refractivity contribution in [2.75, 3.05) is 9.80 Å². The monoisotopic (exact) mass is 864 g/mol. The van der Waals surface area contributed by atoms with Crippen molar-refractivity contribution in [3.05, 3.63) is 200 Å². The summed E-state index contributed by atoms with van der Waals surface area (Å²) >= 11 is 1.86. The number of rotatable bonds is 4. The molecule has 0 fully saturated rings. The zero-order valence-corrected chi connectivity index (χ0v) is 37.5. The van der Waals surface area contributed by atoms with Crippen LogP contribution in [0.15, 0.2) is 213 Å². The molecule has 2 aliphatic rings. The Kier molecular flexibility index (Phi) is 7.95. The molecule has 312 valence electrons. The van der Waals surface area contributed by atoms with Crippen LogP contribution in [-0.4, -0.2) is 6.71 Å². The highest BCUT2D eigenvalue weighted by Crippen LogP contribution is 2.47. The fourth-order valence-corrected chi connectivity index (χ4v) is 12.0. The van der Waals surface area contributed by atoms with Gasteiger partial charge in [-0.25, -0.2) is 0 Å². The van der Waals surface area contributed by atoms with Crippen molar-refractivity contribution in [3.8, 4) is 0 Å². The van der Waals surface area contributed by atoms with Crippen LogP contribution in [0.25, 0.3) is 65.4 Å². The second-order valence-corrected chi connectivity index (χ2v) is 20.0. The molecular weight excluding hydrogens is 824 g/mol. The molecule has 0 spiro atoms.